The number of aromatic nitrogens is 3. The van der Waals surface area contributed by atoms with Gasteiger partial charge in [0.05, 0.1) is 25.5 Å². The molecule has 0 saturated carbocycles. The average Bonchev–Trinajstić information content (AvgIpc) is 3.07. The molecule has 10 heteroatoms. The first-order valence-electron chi connectivity index (χ1n) is 8.13. The van der Waals surface area contributed by atoms with E-state index in [4.69, 9.17) is 15.3 Å². The van der Waals surface area contributed by atoms with E-state index in [0.29, 0.717) is 22.3 Å². The molecule has 3 aromatic rings. The minimum absolute atomic E-state index is 0.0426. The Labute approximate surface area is 164 Å². The summed E-state index contributed by atoms with van der Waals surface area (Å²) in [6.45, 7) is 0. The van der Waals surface area contributed by atoms with E-state index < -0.39 is 5.82 Å². The van der Waals surface area contributed by atoms with Gasteiger partial charge in [-0.05, 0) is 24.3 Å². The molecular formula is C18H18FN5O3S. The molecule has 0 bridgehead atoms. The largest absolute Gasteiger partial charge is 0.493 e. The van der Waals surface area contributed by atoms with Gasteiger partial charge < -0.3 is 20.6 Å². The first-order chi connectivity index (χ1) is 13.5. The van der Waals surface area contributed by atoms with Crippen molar-refractivity contribution in [3.8, 4) is 22.9 Å². The number of benzene rings is 2. The maximum atomic E-state index is 13.9. The van der Waals surface area contributed by atoms with Crippen LogP contribution in [-0.4, -0.2) is 40.8 Å². The Balaban J connectivity index is 1.65. The lowest BCUT2D eigenvalue weighted by Crippen LogP contribution is -2.16. The number of thioether (sulfide) groups is 1. The third kappa shape index (κ3) is 4.17. The quantitative estimate of drug-likeness (QED) is 0.461. The number of nitrogen functional groups attached to an aromatic ring is 1. The van der Waals surface area contributed by atoms with E-state index in [1.165, 1.54) is 20.3 Å². The fraction of sp³-hybridized carbons (Fsp3) is 0.167. The second-order valence-electron chi connectivity index (χ2n) is 5.56. The molecule has 28 heavy (non-hydrogen) atoms. The number of hydrogen-bond donors (Lipinski definition) is 2. The zero-order chi connectivity index (χ0) is 20.1. The topological polar surface area (TPSA) is 104 Å². The SMILES string of the molecule is COc1ccc(NC(=O)CSc2nnc(-c3ccccc3F)n2N)cc1OC. The lowest BCUT2D eigenvalue weighted by molar-refractivity contribution is -0.113. The van der Waals surface area contributed by atoms with Crippen LogP contribution in [0.2, 0.25) is 0 Å². The number of nitrogens with one attached hydrogen (secondary N) is 1. The van der Waals surface area contributed by atoms with E-state index in [1.54, 1.807) is 36.4 Å². The summed E-state index contributed by atoms with van der Waals surface area (Å²) < 4.78 is 25.4. The standard InChI is InChI=1S/C18H18FN5O3S/c1-26-14-8-7-11(9-15(14)27-2)21-16(25)10-28-18-23-22-17(24(18)20)12-5-3-4-6-13(12)19/h3-9H,10,20H2,1-2H3,(H,21,25). The lowest BCUT2D eigenvalue weighted by Gasteiger charge is -2.10. The van der Waals surface area contributed by atoms with Crippen molar-refractivity contribution in [1.82, 2.24) is 14.9 Å². The van der Waals surface area contributed by atoms with Crippen molar-refractivity contribution in [2.45, 2.75) is 5.16 Å². The van der Waals surface area contributed by atoms with Crippen LogP contribution in [0.1, 0.15) is 0 Å². The fourth-order valence-electron chi connectivity index (χ4n) is 2.44. The maximum Gasteiger partial charge on any atom is 0.234 e. The van der Waals surface area contributed by atoms with Crippen LogP contribution in [0, 0.1) is 5.82 Å². The minimum Gasteiger partial charge on any atom is -0.493 e. The molecule has 146 valence electrons. The van der Waals surface area contributed by atoms with Crippen molar-refractivity contribution in [3.63, 3.8) is 0 Å². The monoisotopic (exact) mass is 403 g/mol. The Morgan fingerprint density at radius 2 is 1.93 bits per heavy atom. The third-order valence-corrected chi connectivity index (χ3v) is 4.72. The molecule has 0 radical (unpaired) electrons. The van der Waals surface area contributed by atoms with E-state index in [-0.39, 0.29) is 23.0 Å². The number of carbonyl (C=O) groups is 1. The Morgan fingerprint density at radius 3 is 2.64 bits per heavy atom. The molecule has 0 atom stereocenters. The molecule has 0 aliphatic heterocycles. The number of halogens is 1. The highest BCUT2D eigenvalue weighted by Gasteiger charge is 2.16. The number of rotatable bonds is 7. The number of amides is 1. The van der Waals surface area contributed by atoms with Crippen LogP contribution in [0.5, 0.6) is 11.5 Å². The summed E-state index contributed by atoms with van der Waals surface area (Å²) in [5.74, 6) is 6.52. The number of carbonyl (C=O) groups excluding carboxylic acids is 1. The van der Waals surface area contributed by atoms with Crippen LogP contribution in [0.4, 0.5) is 10.1 Å². The van der Waals surface area contributed by atoms with E-state index in [0.717, 1.165) is 16.4 Å². The zero-order valence-electron chi connectivity index (χ0n) is 15.2. The van der Waals surface area contributed by atoms with Crippen LogP contribution in [0.25, 0.3) is 11.4 Å². The minimum atomic E-state index is -0.454. The zero-order valence-corrected chi connectivity index (χ0v) is 16.0. The van der Waals surface area contributed by atoms with Crippen molar-refractivity contribution in [2.75, 3.05) is 31.1 Å². The van der Waals surface area contributed by atoms with E-state index in [9.17, 15) is 9.18 Å². The number of methoxy groups -OCH3 is 2. The smallest absolute Gasteiger partial charge is 0.234 e. The average molecular weight is 403 g/mol. The number of nitrogens with two attached hydrogens (primary N) is 1. The number of hydrogen-bond acceptors (Lipinski definition) is 7. The third-order valence-electron chi connectivity index (χ3n) is 3.78. The van der Waals surface area contributed by atoms with Crippen LogP contribution < -0.4 is 20.6 Å². The molecule has 0 saturated heterocycles. The van der Waals surface area contributed by atoms with Crippen molar-refractivity contribution in [1.29, 1.82) is 0 Å². The number of ether oxygens (including phenoxy) is 2. The van der Waals surface area contributed by atoms with Crippen LogP contribution in [-0.2, 0) is 4.79 Å². The molecule has 0 fully saturated rings. The molecule has 1 heterocycles. The van der Waals surface area contributed by atoms with Gasteiger partial charge in [-0.3, -0.25) is 4.79 Å². The molecule has 3 rings (SSSR count). The van der Waals surface area contributed by atoms with Gasteiger partial charge >= 0.3 is 0 Å². The number of anilines is 1. The lowest BCUT2D eigenvalue weighted by atomic mass is 10.2. The molecule has 8 nitrogen and oxygen atoms in total. The summed E-state index contributed by atoms with van der Waals surface area (Å²) in [5, 5.41) is 10.9. The summed E-state index contributed by atoms with van der Waals surface area (Å²) in [7, 11) is 3.05. The van der Waals surface area contributed by atoms with Gasteiger partial charge in [0, 0.05) is 11.8 Å². The van der Waals surface area contributed by atoms with Crippen molar-refractivity contribution in [2.24, 2.45) is 0 Å². The van der Waals surface area contributed by atoms with Crippen molar-refractivity contribution in [3.05, 3.63) is 48.3 Å². The van der Waals surface area contributed by atoms with Crippen LogP contribution in [0.15, 0.2) is 47.6 Å². The molecule has 0 aliphatic rings. The van der Waals surface area contributed by atoms with Crippen molar-refractivity contribution >= 4 is 23.4 Å². The van der Waals surface area contributed by atoms with Gasteiger partial charge in [-0.2, -0.15) is 0 Å². The molecule has 0 spiro atoms. The molecule has 0 aliphatic carbocycles. The van der Waals surface area contributed by atoms with Crippen LogP contribution >= 0.6 is 11.8 Å². The van der Waals surface area contributed by atoms with E-state index >= 15 is 0 Å². The van der Waals surface area contributed by atoms with Gasteiger partial charge in [0.15, 0.2) is 17.3 Å². The van der Waals surface area contributed by atoms with Gasteiger partial charge in [-0.15, -0.1) is 10.2 Å². The van der Waals surface area contributed by atoms with Gasteiger partial charge in [-0.1, -0.05) is 23.9 Å². The van der Waals surface area contributed by atoms with Gasteiger partial charge in [0.1, 0.15) is 5.82 Å². The molecule has 1 amide bonds. The highest BCUT2D eigenvalue weighted by molar-refractivity contribution is 7.99. The summed E-state index contributed by atoms with van der Waals surface area (Å²) >= 11 is 1.09. The normalized spacial score (nSPS) is 10.5. The molecular weight excluding hydrogens is 385 g/mol. The Hall–Kier alpha value is -3.27. The highest BCUT2D eigenvalue weighted by atomic mass is 32.2. The summed E-state index contributed by atoms with van der Waals surface area (Å²) in [4.78, 5) is 12.2. The molecule has 0 unspecified atom stereocenters. The van der Waals surface area contributed by atoms with E-state index in [2.05, 4.69) is 15.5 Å². The summed E-state index contributed by atoms with van der Waals surface area (Å²) in [6, 6.07) is 11.2. The van der Waals surface area contributed by atoms with Crippen LogP contribution in [0.3, 0.4) is 0 Å². The first-order valence-corrected chi connectivity index (χ1v) is 9.12. The Bertz CT molecular complexity index is 995. The summed E-state index contributed by atoms with van der Waals surface area (Å²) in [6.07, 6.45) is 0. The van der Waals surface area contributed by atoms with Gasteiger partial charge in [-0.25, -0.2) is 9.07 Å². The second-order valence-corrected chi connectivity index (χ2v) is 6.51. The summed E-state index contributed by atoms with van der Waals surface area (Å²) in [5.41, 5.74) is 0.795. The maximum absolute atomic E-state index is 13.9. The Kier molecular flexibility index (Phi) is 5.99. The van der Waals surface area contributed by atoms with Crippen molar-refractivity contribution < 1.29 is 18.7 Å². The second kappa shape index (κ2) is 8.61. The predicted molar refractivity (Wildman–Crippen MR) is 104 cm³/mol. The Morgan fingerprint density at radius 1 is 1.18 bits per heavy atom. The van der Waals surface area contributed by atoms with Gasteiger partial charge in [0.2, 0.25) is 11.1 Å². The highest BCUT2D eigenvalue weighted by Crippen LogP contribution is 2.30. The molecule has 1 aromatic heterocycles. The first kappa shape index (κ1) is 19.5. The molecule has 2 aromatic carbocycles. The van der Waals surface area contributed by atoms with Gasteiger partial charge in [0.25, 0.3) is 0 Å². The molecule has 3 N–H and O–H groups in total. The predicted octanol–water partition coefficient (Wildman–Crippen LogP) is 2.55. The fourth-order valence-corrected chi connectivity index (χ4v) is 3.10. The number of nitrogens with zero attached hydrogens (tertiary/aromatic N) is 3. The van der Waals surface area contributed by atoms with E-state index in [1.807, 2.05) is 0 Å².